The SMILES string of the molecule is C=CCO[C@@H]1CO[C@@]2(CCCN(Cc3ccccn3)C2)C1. The summed E-state index contributed by atoms with van der Waals surface area (Å²) in [5.41, 5.74) is 1.12. The molecular weight excluding hydrogens is 264 g/mol. The van der Waals surface area contributed by atoms with E-state index in [-0.39, 0.29) is 11.7 Å². The highest BCUT2D eigenvalue weighted by Crippen LogP contribution is 2.36. The topological polar surface area (TPSA) is 34.6 Å². The molecule has 2 atom stereocenters. The van der Waals surface area contributed by atoms with E-state index in [1.165, 1.54) is 6.42 Å². The lowest BCUT2D eigenvalue weighted by molar-refractivity contribution is -0.0546. The maximum Gasteiger partial charge on any atom is 0.0841 e. The number of hydrogen-bond donors (Lipinski definition) is 0. The average molecular weight is 288 g/mol. The van der Waals surface area contributed by atoms with Gasteiger partial charge in [0.25, 0.3) is 0 Å². The molecule has 0 bridgehead atoms. The van der Waals surface area contributed by atoms with E-state index in [9.17, 15) is 0 Å². The summed E-state index contributed by atoms with van der Waals surface area (Å²) in [7, 11) is 0. The Hall–Kier alpha value is -1.23. The molecule has 0 unspecified atom stereocenters. The molecule has 0 saturated carbocycles. The molecule has 0 radical (unpaired) electrons. The summed E-state index contributed by atoms with van der Waals surface area (Å²) in [6.45, 7) is 8.05. The van der Waals surface area contributed by atoms with Crippen LogP contribution in [0.1, 0.15) is 25.0 Å². The van der Waals surface area contributed by atoms with Crippen molar-refractivity contribution in [1.29, 1.82) is 0 Å². The summed E-state index contributed by atoms with van der Waals surface area (Å²) < 4.78 is 11.9. The van der Waals surface area contributed by atoms with Gasteiger partial charge in [0.1, 0.15) is 0 Å². The normalized spacial score (nSPS) is 29.8. The number of piperidine rings is 1. The number of pyridine rings is 1. The standard InChI is InChI=1S/C17H24N2O2/c1-2-10-20-16-11-17(21-13-16)7-5-9-19(14-17)12-15-6-3-4-8-18-15/h2-4,6,8,16H,1,5,7,9-14H2/t16-,17-/m0/s1. The zero-order valence-electron chi connectivity index (χ0n) is 12.5. The van der Waals surface area contributed by atoms with Crippen LogP contribution in [0.5, 0.6) is 0 Å². The van der Waals surface area contributed by atoms with Crippen molar-refractivity contribution in [3.8, 4) is 0 Å². The second kappa shape index (κ2) is 6.69. The third-order valence-electron chi connectivity index (χ3n) is 4.36. The molecule has 1 spiro atoms. The predicted molar refractivity (Wildman–Crippen MR) is 82.0 cm³/mol. The first-order valence-electron chi connectivity index (χ1n) is 7.78. The Morgan fingerprint density at radius 1 is 1.52 bits per heavy atom. The number of hydrogen-bond acceptors (Lipinski definition) is 4. The van der Waals surface area contributed by atoms with E-state index in [1.807, 2.05) is 18.3 Å². The summed E-state index contributed by atoms with van der Waals surface area (Å²) in [6.07, 6.45) is 7.21. The lowest BCUT2D eigenvalue weighted by Crippen LogP contribution is -2.47. The minimum Gasteiger partial charge on any atom is -0.372 e. The van der Waals surface area contributed by atoms with Gasteiger partial charge in [0.05, 0.1) is 30.6 Å². The number of aromatic nitrogens is 1. The predicted octanol–water partition coefficient (Wildman–Crippen LogP) is 2.41. The van der Waals surface area contributed by atoms with Crippen molar-refractivity contribution in [2.24, 2.45) is 0 Å². The van der Waals surface area contributed by atoms with Gasteiger partial charge in [0.15, 0.2) is 0 Å². The molecule has 21 heavy (non-hydrogen) atoms. The highest BCUT2D eigenvalue weighted by atomic mass is 16.6. The maximum atomic E-state index is 6.14. The summed E-state index contributed by atoms with van der Waals surface area (Å²) in [6, 6.07) is 6.10. The Labute approximate surface area is 126 Å². The van der Waals surface area contributed by atoms with Gasteiger partial charge in [-0.15, -0.1) is 6.58 Å². The molecule has 1 aromatic rings. The Morgan fingerprint density at radius 3 is 3.29 bits per heavy atom. The van der Waals surface area contributed by atoms with Crippen LogP contribution in [0, 0.1) is 0 Å². The van der Waals surface area contributed by atoms with Crippen LogP contribution in [0.2, 0.25) is 0 Å². The highest BCUT2D eigenvalue weighted by Gasteiger charge is 2.43. The molecule has 0 aromatic carbocycles. The van der Waals surface area contributed by atoms with Crippen LogP contribution in [-0.2, 0) is 16.0 Å². The third-order valence-corrected chi connectivity index (χ3v) is 4.36. The molecule has 3 heterocycles. The third kappa shape index (κ3) is 3.70. The van der Waals surface area contributed by atoms with Crippen LogP contribution < -0.4 is 0 Å². The molecule has 3 rings (SSSR count). The number of nitrogens with zero attached hydrogens (tertiary/aromatic N) is 2. The van der Waals surface area contributed by atoms with Crippen molar-refractivity contribution in [3.05, 3.63) is 42.7 Å². The van der Waals surface area contributed by atoms with Crippen LogP contribution in [0.25, 0.3) is 0 Å². The zero-order valence-corrected chi connectivity index (χ0v) is 12.5. The summed E-state index contributed by atoms with van der Waals surface area (Å²) in [5, 5.41) is 0. The Morgan fingerprint density at radius 2 is 2.48 bits per heavy atom. The molecule has 0 amide bonds. The molecule has 2 aliphatic heterocycles. The molecule has 2 saturated heterocycles. The summed E-state index contributed by atoms with van der Waals surface area (Å²) in [5.74, 6) is 0. The molecule has 4 nitrogen and oxygen atoms in total. The molecule has 0 aliphatic carbocycles. The van der Waals surface area contributed by atoms with E-state index in [2.05, 4.69) is 22.5 Å². The smallest absolute Gasteiger partial charge is 0.0841 e. The second-order valence-electron chi connectivity index (χ2n) is 6.08. The highest BCUT2D eigenvalue weighted by molar-refractivity contribution is 5.04. The summed E-state index contributed by atoms with van der Waals surface area (Å²) >= 11 is 0. The molecule has 2 aliphatic rings. The van der Waals surface area contributed by atoms with E-state index in [1.54, 1.807) is 6.08 Å². The number of likely N-dealkylation sites (tertiary alicyclic amines) is 1. The molecule has 1 aromatic heterocycles. The average Bonchev–Trinajstić information content (AvgIpc) is 2.89. The van der Waals surface area contributed by atoms with E-state index >= 15 is 0 Å². The summed E-state index contributed by atoms with van der Waals surface area (Å²) in [4.78, 5) is 6.89. The number of ether oxygens (including phenoxy) is 2. The minimum absolute atomic E-state index is 0.0150. The maximum absolute atomic E-state index is 6.14. The van der Waals surface area contributed by atoms with E-state index in [0.717, 1.165) is 38.2 Å². The Bertz CT molecular complexity index is 465. The lowest BCUT2D eigenvalue weighted by atomic mass is 9.89. The minimum atomic E-state index is -0.0150. The van der Waals surface area contributed by atoms with Gasteiger partial charge >= 0.3 is 0 Å². The Balaban J connectivity index is 1.57. The molecule has 0 N–H and O–H groups in total. The lowest BCUT2D eigenvalue weighted by Gasteiger charge is -2.39. The fourth-order valence-corrected chi connectivity index (χ4v) is 3.44. The van der Waals surface area contributed by atoms with Gasteiger partial charge in [-0.3, -0.25) is 9.88 Å². The van der Waals surface area contributed by atoms with Crippen molar-refractivity contribution >= 4 is 0 Å². The van der Waals surface area contributed by atoms with Crippen molar-refractivity contribution in [2.45, 2.75) is 37.5 Å². The van der Waals surface area contributed by atoms with E-state index in [4.69, 9.17) is 9.47 Å². The first kappa shape index (κ1) is 14.7. The van der Waals surface area contributed by atoms with Gasteiger partial charge in [-0.05, 0) is 31.5 Å². The molecular formula is C17H24N2O2. The van der Waals surface area contributed by atoms with Gasteiger partial charge in [-0.2, -0.15) is 0 Å². The fraction of sp³-hybridized carbons (Fsp3) is 0.588. The van der Waals surface area contributed by atoms with Gasteiger partial charge in [-0.25, -0.2) is 0 Å². The Kier molecular flexibility index (Phi) is 4.68. The second-order valence-corrected chi connectivity index (χ2v) is 6.08. The van der Waals surface area contributed by atoms with Crippen molar-refractivity contribution in [2.75, 3.05) is 26.3 Å². The van der Waals surface area contributed by atoms with Crippen LogP contribution >= 0.6 is 0 Å². The van der Waals surface area contributed by atoms with Crippen LogP contribution in [0.4, 0.5) is 0 Å². The molecule has 2 fully saturated rings. The van der Waals surface area contributed by atoms with Crippen molar-refractivity contribution in [3.63, 3.8) is 0 Å². The van der Waals surface area contributed by atoms with Crippen LogP contribution in [0.15, 0.2) is 37.1 Å². The van der Waals surface area contributed by atoms with Gasteiger partial charge in [-0.1, -0.05) is 12.1 Å². The quantitative estimate of drug-likeness (QED) is 0.779. The fourth-order valence-electron chi connectivity index (χ4n) is 3.44. The van der Waals surface area contributed by atoms with E-state index < -0.39 is 0 Å². The first-order chi connectivity index (χ1) is 10.3. The molecule has 4 heteroatoms. The zero-order chi connectivity index (χ0) is 14.5. The van der Waals surface area contributed by atoms with Gasteiger partial charge < -0.3 is 9.47 Å². The van der Waals surface area contributed by atoms with Crippen molar-refractivity contribution < 1.29 is 9.47 Å². The van der Waals surface area contributed by atoms with Crippen LogP contribution in [0.3, 0.4) is 0 Å². The van der Waals surface area contributed by atoms with Crippen molar-refractivity contribution in [1.82, 2.24) is 9.88 Å². The first-order valence-corrected chi connectivity index (χ1v) is 7.78. The van der Waals surface area contributed by atoms with Crippen LogP contribution in [-0.4, -0.2) is 47.9 Å². The van der Waals surface area contributed by atoms with E-state index in [0.29, 0.717) is 13.2 Å². The number of rotatable bonds is 5. The molecule has 114 valence electrons. The largest absolute Gasteiger partial charge is 0.372 e. The van der Waals surface area contributed by atoms with Gasteiger partial charge in [0, 0.05) is 25.7 Å². The van der Waals surface area contributed by atoms with Gasteiger partial charge in [0.2, 0.25) is 0 Å². The monoisotopic (exact) mass is 288 g/mol.